The lowest BCUT2D eigenvalue weighted by Gasteiger charge is -2.32. The predicted octanol–water partition coefficient (Wildman–Crippen LogP) is 4.30. The normalized spacial score (nSPS) is 13.4. The van der Waals surface area contributed by atoms with Crippen LogP contribution < -0.4 is 5.32 Å². The summed E-state index contributed by atoms with van der Waals surface area (Å²) >= 11 is 0. The van der Waals surface area contributed by atoms with Crippen LogP contribution in [0.25, 0.3) is 0 Å². The van der Waals surface area contributed by atoms with Crippen LogP contribution in [0.15, 0.2) is 0 Å². The fraction of sp³-hybridized carbons (Fsp3) is 1.00. The molecule has 2 heteroatoms. The summed E-state index contributed by atoms with van der Waals surface area (Å²) in [6.07, 6.45) is 7.92. The van der Waals surface area contributed by atoms with Crippen molar-refractivity contribution in [1.29, 1.82) is 0 Å². The summed E-state index contributed by atoms with van der Waals surface area (Å²) in [6, 6.07) is 0.738. The summed E-state index contributed by atoms with van der Waals surface area (Å²) in [7, 11) is 0. The third kappa shape index (κ3) is 10.4. The fourth-order valence-electron chi connectivity index (χ4n) is 2.48. The van der Waals surface area contributed by atoms with Gasteiger partial charge in [-0.25, -0.2) is 0 Å². The van der Waals surface area contributed by atoms with Crippen LogP contribution in [0.5, 0.6) is 0 Å². The van der Waals surface area contributed by atoms with Crippen molar-refractivity contribution in [2.24, 2.45) is 5.92 Å². The summed E-state index contributed by atoms with van der Waals surface area (Å²) in [6.45, 7) is 16.4. The van der Waals surface area contributed by atoms with E-state index in [1.165, 1.54) is 58.2 Å². The molecule has 1 atom stereocenters. The van der Waals surface area contributed by atoms with Crippen molar-refractivity contribution in [2.45, 2.75) is 79.2 Å². The van der Waals surface area contributed by atoms with E-state index in [1.807, 2.05) is 0 Å². The quantitative estimate of drug-likeness (QED) is 0.537. The molecule has 0 saturated carbocycles. The highest BCUT2D eigenvalue weighted by atomic mass is 15.2. The first-order valence-corrected chi connectivity index (χ1v) is 8.60. The maximum atomic E-state index is 3.66. The molecule has 0 aliphatic rings. The Labute approximate surface area is 122 Å². The highest BCUT2D eigenvalue weighted by Crippen LogP contribution is 2.10. The summed E-state index contributed by atoms with van der Waals surface area (Å²) in [5.41, 5.74) is 0. The molecule has 0 radical (unpaired) electrons. The van der Waals surface area contributed by atoms with Gasteiger partial charge in [-0.15, -0.1) is 0 Å². The molecular weight excluding hydrogens is 232 g/mol. The van der Waals surface area contributed by atoms with Gasteiger partial charge in [0.05, 0.1) is 0 Å². The first-order valence-electron chi connectivity index (χ1n) is 8.60. The SMILES string of the molecule is CCCCN(CCCC)C(CCC)CNCC(C)C. The van der Waals surface area contributed by atoms with Gasteiger partial charge >= 0.3 is 0 Å². The molecule has 0 saturated heterocycles. The van der Waals surface area contributed by atoms with Gasteiger partial charge in [-0.2, -0.15) is 0 Å². The van der Waals surface area contributed by atoms with E-state index in [-0.39, 0.29) is 0 Å². The summed E-state index contributed by atoms with van der Waals surface area (Å²) in [4.78, 5) is 2.74. The highest BCUT2D eigenvalue weighted by Gasteiger charge is 2.16. The number of nitrogens with one attached hydrogen (secondary N) is 1. The molecule has 0 aliphatic heterocycles. The molecule has 116 valence electrons. The third-order valence-corrected chi connectivity index (χ3v) is 3.67. The molecule has 19 heavy (non-hydrogen) atoms. The van der Waals surface area contributed by atoms with E-state index in [2.05, 4.69) is 44.8 Å². The van der Waals surface area contributed by atoms with Crippen molar-refractivity contribution in [3.05, 3.63) is 0 Å². The van der Waals surface area contributed by atoms with E-state index in [0.717, 1.165) is 18.5 Å². The Hall–Kier alpha value is -0.0800. The van der Waals surface area contributed by atoms with E-state index in [0.29, 0.717) is 0 Å². The van der Waals surface area contributed by atoms with Crippen LogP contribution in [0.3, 0.4) is 0 Å². The molecule has 2 nitrogen and oxygen atoms in total. The Balaban J connectivity index is 4.27. The maximum absolute atomic E-state index is 3.66. The predicted molar refractivity (Wildman–Crippen MR) is 87.8 cm³/mol. The molecule has 0 aromatic carbocycles. The summed E-state index contributed by atoms with van der Waals surface area (Å²) < 4.78 is 0. The number of unbranched alkanes of at least 4 members (excludes halogenated alkanes) is 2. The Bertz CT molecular complexity index is 172. The molecule has 0 aromatic rings. The van der Waals surface area contributed by atoms with Gasteiger partial charge in [0.15, 0.2) is 0 Å². The number of hydrogen-bond acceptors (Lipinski definition) is 2. The smallest absolute Gasteiger partial charge is 0.0220 e. The van der Waals surface area contributed by atoms with E-state index in [4.69, 9.17) is 0 Å². The zero-order valence-corrected chi connectivity index (χ0v) is 14.2. The first kappa shape index (κ1) is 18.9. The van der Waals surface area contributed by atoms with E-state index >= 15 is 0 Å². The van der Waals surface area contributed by atoms with Crippen molar-refractivity contribution < 1.29 is 0 Å². The number of rotatable bonds is 13. The largest absolute Gasteiger partial charge is 0.315 e. The zero-order valence-electron chi connectivity index (χ0n) is 14.2. The van der Waals surface area contributed by atoms with Crippen LogP contribution in [0.4, 0.5) is 0 Å². The molecule has 0 bridgehead atoms. The minimum atomic E-state index is 0.738. The number of nitrogens with zero attached hydrogens (tertiary/aromatic N) is 1. The Morgan fingerprint density at radius 3 is 1.84 bits per heavy atom. The summed E-state index contributed by atoms with van der Waals surface area (Å²) in [5, 5.41) is 3.66. The average Bonchev–Trinajstić information content (AvgIpc) is 2.38. The van der Waals surface area contributed by atoms with E-state index in [1.54, 1.807) is 0 Å². The number of hydrogen-bond donors (Lipinski definition) is 1. The topological polar surface area (TPSA) is 15.3 Å². The van der Waals surface area contributed by atoms with Gasteiger partial charge in [0.2, 0.25) is 0 Å². The van der Waals surface area contributed by atoms with Crippen LogP contribution in [-0.4, -0.2) is 37.1 Å². The van der Waals surface area contributed by atoms with Gasteiger partial charge in [0.1, 0.15) is 0 Å². The molecule has 0 amide bonds. The second-order valence-corrected chi connectivity index (χ2v) is 6.24. The molecular formula is C17H38N2. The van der Waals surface area contributed by atoms with Gasteiger partial charge in [0.25, 0.3) is 0 Å². The van der Waals surface area contributed by atoms with Crippen LogP contribution in [-0.2, 0) is 0 Å². The zero-order chi connectivity index (χ0) is 14.5. The van der Waals surface area contributed by atoms with Crippen molar-refractivity contribution in [1.82, 2.24) is 10.2 Å². The Morgan fingerprint density at radius 2 is 1.42 bits per heavy atom. The molecule has 0 aromatic heterocycles. The fourth-order valence-corrected chi connectivity index (χ4v) is 2.48. The molecule has 1 unspecified atom stereocenters. The second kappa shape index (κ2) is 12.9. The van der Waals surface area contributed by atoms with Gasteiger partial charge in [-0.1, -0.05) is 53.9 Å². The van der Waals surface area contributed by atoms with Gasteiger partial charge in [0, 0.05) is 12.6 Å². The highest BCUT2D eigenvalue weighted by molar-refractivity contribution is 4.74. The third-order valence-electron chi connectivity index (χ3n) is 3.67. The molecule has 0 fully saturated rings. The minimum absolute atomic E-state index is 0.738. The lowest BCUT2D eigenvalue weighted by Crippen LogP contribution is -2.44. The van der Waals surface area contributed by atoms with Crippen LogP contribution >= 0.6 is 0 Å². The van der Waals surface area contributed by atoms with Gasteiger partial charge < -0.3 is 5.32 Å². The maximum Gasteiger partial charge on any atom is 0.0220 e. The summed E-state index contributed by atoms with van der Waals surface area (Å²) in [5.74, 6) is 0.752. The molecule has 0 rings (SSSR count). The van der Waals surface area contributed by atoms with E-state index < -0.39 is 0 Å². The average molecular weight is 271 g/mol. The van der Waals surface area contributed by atoms with Crippen molar-refractivity contribution in [2.75, 3.05) is 26.2 Å². The standard InChI is InChI=1S/C17H38N2/c1-6-9-12-19(13-10-7-2)17(11-8-3)15-18-14-16(4)5/h16-18H,6-15H2,1-5H3. The molecule has 0 heterocycles. The van der Waals surface area contributed by atoms with Crippen molar-refractivity contribution >= 4 is 0 Å². The molecule has 0 spiro atoms. The lowest BCUT2D eigenvalue weighted by molar-refractivity contribution is 0.175. The van der Waals surface area contributed by atoms with Crippen molar-refractivity contribution in [3.8, 4) is 0 Å². The van der Waals surface area contributed by atoms with Crippen LogP contribution in [0.1, 0.15) is 73.1 Å². The van der Waals surface area contributed by atoms with Crippen LogP contribution in [0, 0.1) is 5.92 Å². The monoisotopic (exact) mass is 270 g/mol. The Kier molecular flexibility index (Phi) is 12.9. The van der Waals surface area contributed by atoms with Crippen LogP contribution in [0.2, 0.25) is 0 Å². The molecule has 0 aliphatic carbocycles. The second-order valence-electron chi connectivity index (χ2n) is 6.24. The van der Waals surface area contributed by atoms with Gasteiger partial charge in [-0.3, -0.25) is 4.90 Å². The Morgan fingerprint density at radius 1 is 0.842 bits per heavy atom. The van der Waals surface area contributed by atoms with E-state index in [9.17, 15) is 0 Å². The molecule has 1 N–H and O–H groups in total. The van der Waals surface area contributed by atoms with Crippen molar-refractivity contribution in [3.63, 3.8) is 0 Å². The van der Waals surface area contributed by atoms with Gasteiger partial charge in [-0.05, 0) is 44.8 Å². The minimum Gasteiger partial charge on any atom is -0.315 e. The first-order chi connectivity index (χ1) is 9.15. The lowest BCUT2D eigenvalue weighted by atomic mass is 10.1.